The van der Waals surface area contributed by atoms with Gasteiger partial charge in [0.1, 0.15) is 29.7 Å². The first-order valence-corrected chi connectivity index (χ1v) is 7.74. The lowest BCUT2D eigenvalue weighted by molar-refractivity contribution is -0.129. The van der Waals surface area contributed by atoms with Crippen molar-refractivity contribution < 1.29 is 27.8 Å². The van der Waals surface area contributed by atoms with Crippen LogP contribution < -0.4 is 5.32 Å². The van der Waals surface area contributed by atoms with E-state index in [1.54, 1.807) is 34.6 Å². The fraction of sp³-hybridized carbons (Fsp3) is 0.750. The van der Waals surface area contributed by atoms with Crippen molar-refractivity contribution in [3.63, 3.8) is 0 Å². The van der Waals surface area contributed by atoms with E-state index in [9.17, 15) is 18.4 Å². The lowest BCUT2D eigenvalue weighted by Gasteiger charge is -2.29. The topological polar surface area (TPSA) is 67.9 Å². The van der Waals surface area contributed by atoms with Crippen LogP contribution in [0.5, 0.6) is 0 Å². The summed E-state index contributed by atoms with van der Waals surface area (Å²) in [5.74, 6) is -1.18. The third kappa shape index (κ3) is 5.15. The molecule has 6 nitrogen and oxygen atoms in total. The van der Waals surface area contributed by atoms with E-state index in [1.807, 2.05) is 0 Å². The van der Waals surface area contributed by atoms with Gasteiger partial charge in [0.05, 0.1) is 13.1 Å². The van der Waals surface area contributed by atoms with E-state index in [0.29, 0.717) is 5.57 Å². The molecular formula is C16H26F2N2O4. The summed E-state index contributed by atoms with van der Waals surface area (Å²) in [6, 6.07) is -1.22. The molecule has 1 N–H and O–H groups in total. The lowest BCUT2D eigenvalue weighted by atomic mass is 10.1. The summed E-state index contributed by atoms with van der Waals surface area (Å²) in [5.41, 5.74) is -0.360. The first-order valence-electron chi connectivity index (χ1n) is 7.74. The third-order valence-electron chi connectivity index (χ3n) is 3.50. The molecule has 1 heterocycles. The van der Waals surface area contributed by atoms with Crippen LogP contribution in [0.15, 0.2) is 11.4 Å². The summed E-state index contributed by atoms with van der Waals surface area (Å²) < 4.78 is 37.9. The Morgan fingerprint density at radius 2 is 1.88 bits per heavy atom. The number of hydrogen-bond acceptors (Lipinski definition) is 4. The number of nitrogens with zero attached hydrogens (tertiary/aromatic N) is 1. The van der Waals surface area contributed by atoms with Crippen molar-refractivity contribution in [3.8, 4) is 0 Å². The summed E-state index contributed by atoms with van der Waals surface area (Å²) in [4.78, 5) is 25.6. The zero-order valence-electron chi connectivity index (χ0n) is 15.0. The zero-order chi connectivity index (χ0) is 18.7. The quantitative estimate of drug-likeness (QED) is 0.847. The lowest BCUT2D eigenvalue weighted by Crippen LogP contribution is -2.52. The molecule has 1 aliphatic rings. The molecule has 1 fully saturated rings. The van der Waals surface area contributed by atoms with E-state index in [2.05, 4.69) is 5.32 Å². The summed E-state index contributed by atoms with van der Waals surface area (Å²) >= 11 is 0. The molecule has 0 bridgehead atoms. The smallest absolute Gasteiger partial charge is 0.411 e. The van der Waals surface area contributed by atoms with Gasteiger partial charge in [0.2, 0.25) is 5.91 Å². The van der Waals surface area contributed by atoms with E-state index in [-0.39, 0.29) is 13.1 Å². The number of methoxy groups -OCH3 is 1. The van der Waals surface area contributed by atoms with E-state index >= 15 is 0 Å². The molecule has 0 aliphatic carbocycles. The number of alkyl halides is 1. The predicted octanol–water partition coefficient (Wildman–Crippen LogP) is 2.34. The van der Waals surface area contributed by atoms with Crippen LogP contribution in [0.2, 0.25) is 0 Å². The van der Waals surface area contributed by atoms with Crippen molar-refractivity contribution >= 4 is 12.0 Å². The molecule has 1 aliphatic heterocycles. The molecule has 0 aromatic rings. The van der Waals surface area contributed by atoms with Crippen molar-refractivity contribution in [2.75, 3.05) is 20.2 Å². The highest BCUT2D eigenvalue weighted by atomic mass is 19.1. The number of likely N-dealkylation sites (tertiary alicyclic amines) is 1. The predicted molar refractivity (Wildman–Crippen MR) is 84.9 cm³/mol. The molecule has 2 amide bonds. The number of amides is 2. The molecule has 138 valence electrons. The normalized spacial score (nSPS) is 23.8. The van der Waals surface area contributed by atoms with Gasteiger partial charge in [-0.25, -0.2) is 13.6 Å². The number of carbonyl (C=O) groups excluding carboxylic acids is 2. The van der Waals surface area contributed by atoms with Gasteiger partial charge in [0.15, 0.2) is 0 Å². The second-order valence-corrected chi connectivity index (χ2v) is 6.92. The maximum atomic E-state index is 14.1. The number of nitrogens with one attached hydrogen (secondary N) is 1. The first-order chi connectivity index (χ1) is 11.0. The summed E-state index contributed by atoms with van der Waals surface area (Å²) in [5, 5.41) is 2.37. The second kappa shape index (κ2) is 7.92. The largest absolute Gasteiger partial charge is 0.444 e. The van der Waals surface area contributed by atoms with Crippen LogP contribution in [0.25, 0.3) is 0 Å². The minimum Gasteiger partial charge on any atom is -0.444 e. The molecule has 0 radical (unpaired) electrons. The fourth-order valence-electron chi connectivity index (χ4n) is 2.30. The standard InChI is InChI=1S/C16H26F2N2O4/c1-9(2)10(17)7-19-14(21)12-13(23-6)11(18)8-20(12)15(22)24-16(3,4)5/h11-13H,7-8H2,1-6H3,(H,19,21)/t11-,12-,13+/m0/s1. The number of rotatable bonds is 4. The monoisotopic (exact) mass is 348 g/mol. The van der Waals surface area contributed by atoms with Crippen LogP contribution in [0.4, 0.5) is 13.6 Å². The van der Waals surface area contributed by atoms with Gasteiger partial charge >= 0.3 is 6.09 Å². The summed E-state index contributed by atoms with van der Waals surface area (Å²) in [6.45, 7) is 7.49. The maximum absolute atomic E-state index is 14.1. The van der Waals surface area contributed by atoms with Gasteiger partial charge in [-0.2, -0.15) is 0 Å². The maximum Gasteiger partial charge on any atom is 0.411 e. The minimum atomic E-state index is -1.54. The van der Waals surface area contributed by atoms with Crippen molar-refractivity contribution in [1.82, 2.24) is 10.2 Å². The Hall–Kier alpha value is -1.70. The molecule has 0 aromatic carbocycles. The second-order valence-electron chi connectivity index (χ2n) is 6.92. The molecular weight excluding hydrogens is 322 g/mol. The van der Waals surface area contributed by atoms with Gasteiger partial charge in [-0.3, -0.25) is 9.69 Å². The number of carbonyl (C=O) groups is 2. The molecule has 3 atom stereocenters. The Morgan fingerprint density at radius 3 is 2.33 bits per heavy atom. The van der Waals surface area contributed by atoms with Crippen molar-refractivity contribution in [2.24, 2.45) is 0 Å². The van der Waals surface area contributed by atoms with E-state index in [4.69, 9.17) is 9.47 Å². The molecule has 0 unspecified atom stereocenters. The van der Waals surface area contributed by atoms with Crippen LogP contribution in [0.3, 0.4) is 0 Å². The van der Waals surface area contributed by atoms with Crippen molar-refractivity contribution in [1.29, 1.82) is 0 Å². The molecule has 1 saturated heterocycles. The highest BCUT2D eigenvalue weighted by molar-refractivity contribution is 5.87. The zero-order valence-corrected chi connectivity index (χ0v) is 15.0. The SMILES string of the molecule is CO[C@H]1[C@@H](C(=O)NCC(F)=C(C)C)N(C(=O)OC(C)(C)C)C[C@@H]1F. The number of allylic oxidation sites excluding steroid dienone is 1. The van der Waals surface area contributed by atoms with Crippen LogP contribution >= 0.6 is 0 Å². The number of hydrogen-bond donors (Lipinski definition) is 1. The Bertz CT molecular complexity index is 513. The van der Waals surface area contributed by atoms with Crippen molar-refractivity contribution in [3.05, 3.63) is 11.4 Å². The summed E-state index contributed by atoms with van der Waals surface area (Å²) in [6.07, 6.45) is -3.48. The van der Waals surface area contributed by atoms with Crippen LogP contribution in [0, 0.1) is 0 Å². The third-order valence-corrected chi connectivity index (χ3v) is 3.50. The molecule has 0 aromatic heterocycles. The van der Waals surface area contributed by atoms with Gasteiger partial charge in [0, 0.05) is 7.11 Å². The Balaban J connectivity index is 2.92. The summed E-state index contributed by atoms with van der Waals surface area (Å²) in [7, 11) is 1.26. The highest BCUT2D eigenvalue weighted by Crippen LogP contribution is 2.26. The fourth-order valence-corrected chi connectivity index (χ4v) is 2.30. The molecule has 24 heavy (non-hydrogen) atoms. The van der Waals surface area contributed by atoms with Gasteiger partial charge < -0.3 is 14.8 Å². The molecule has 0 saturated carbocycles. The van der Waals surface area contributed by atoms with Gasteiger partial charge in [-0.15, -0.1) is 0 Å². The van der Waals surface area contributed by atoms with Gasteiger partial charge in [0.25, 0.3) is 0 Å². The molecule has 0 spiro atoms. The van der Waals surface area contributed by atoms with Crippen molar-refractivity contribution in [2.45, 2.75) is 58.5 Å². The number of ether oxygens (including phenoxy) is 2. The van der Waals surface area contributed by atoms with E-state index in [1.165, 1.54) is 7.11 Å². The number of halogens is 2. The van der Waals surface area contributed by atoms with E-state index in [0.717, 1.165) is 4.90 Å². The van der Waals surface area contributed by atoms with Gasteiger partial charge in [-0.1, -0.05) is 0 Å². The first kappa shape index (κ1) is 20.3. The van der Waals surface area contributed by atoms with Gasteiger partial charge in [-0.05, 0) is 40.2 Å². The van der Waals surface area contributed by atoms with E-state index < -0.39 is 41.7 Å². The molecule has 8 heteroatoms. The average Bonchev–Trinajstić information content (AvgIpc) is 2.79. The Labute approximate surface area is 141 Å². The van der Waals surface area contributed by atoms with Crippen LogP contribution in [-0.4, -0.2) is 61.0 Å². The van der Waals surface area contributed by atoms with Crippen LogP contribution in [0.1, 0.15) is 34.6 Å². The highest BCUT2D eigenvalue weighted by Gasteiger charge is 2.49. The average molecular weight is 348 g/mol. The van der Waals surface area contributed by atoms with Crippen LogP contribution in [-0.2, 0) is 14.3 Å². The minimum absolute atomic E-state index is 0.323. The molecule has 1 rings (SSSR count). The Morgan fingerprint density at radius 1 is 1.29 bits per heavy atom. The Kier molecular flexibility index (Phi) is 6.71.